The number of hydrogen-bond donors (Lipinski definition) is 3. The molecule has 25 heavy (non-hydrogen) atoms. The Balaban J connectivity index is 1.90. The topological polar surface area (TPSA) is 95.7 Å². The summed E-state index contributed by atoms with van der Waals surface area (Å²) in [5.74, 6) is -0.930. The number of nitrogens with two attached hydrogens (primary N) is 1. The van der Waals surface area contributed by atoms with Crippen molar-refractivity contribution in [1.82, 2.24) is 10.4 Å². The molecule has 0 saturated carbocycles. The minimum Gasteiger partial charge on any atom is -0.392 e. The number of carbonyl (C=O) groups excluding carboxylic acids is 2. The van der Waals surface area contributed by atoms with E-state index in [4.69, 9.17) is 5.73 Å². The van der Waals surface area contributed by atoms with E-state index < -0.39 is 12.0 Å². The molecule has 2 amide bonds. The second-order valence-electron chi connectivity index (χ2n) is 5.83. The molecule has 0 aliphatic carbocycles. The van der Waals surface area contributed by atoms with Crippen molar-refractivity contribution in [3.63, 3.8) is 0 Å². The van der Waals surface area contributed by atoms with Gasteiger partial charge in [-0.1, -0.05) is 48.5 Å². The molecule has 2 aromatic rings. The van der Waals surface area contributed by atoms with E-state index in [-0.39, 0.29) is 19.0 Å². The average molecular weight is 341 g/mol. The molecule has 132 valence electrons. The smallest absolute Gasteiger partial charge is 0.265 e. The molecule has 0 aromatic heterocycles. The van der Waals surface area contributed by atoms with E-state index >= 15 is 0 Å². The summed E-state index contributed by atoms with van der Waals surface area (Å²) < 4.78 is 0. The van der Waals surface area contributed by atoms with Gasteiger partial charge in [-0.05, 0) is 30.5 Å². The third kappa shape index (κ3) is 6.74. The van der Waals surface area contributed by atoms with Crippen LogP contribution in [0.15, 0.2) is 60.7 Å². The van der Waals surface area contributed by atoms with Gasteiger partial charge in [0.1, 0.15) is 0 Å². The zero-order chi connectivity index (χ0) is 18.1. The lowest BCUT2D eigenvalue weighted by Crippen LogP contribution is -2.49. The highest BCUT2D eigenvalue weighted by atomic mass is 16.3. The Bertz CT molecular complexity index is 677. The Morgan fingerprint density at radius 2 is 1.64 bits per heavy atom. The molecular formula is C19H23N3O3. The van der Waals surface area contributed by atoms with E-state index in [2.05, 4.69) is 5.43 Å². The van der Waals surface area contributed by atoms with Crippen LogP contribution in [-0.2, 0) is 11.2 Å². The number of amides is 2. The van der Waals surface area contributed by atoms with Gasteiger partial charge in [0.2, 0.25) is 5.91 Å². The average Bonchev–Trinajstić information content (AvgIpc) is 2.61. The van der Waals surface area contributed by atoms with Gasteiger partial charge in [0.25, 0.3) is 5.91 Å². The van der Waals surface area contributed by atoms with Crippen molar-refractivity contribution >= 4 is 11.8 Å². The molecule has 0 spiro atoms. The Hall–Kier alpha value is -2.70. The number of aliphatic hydroxyl groups is 1. The molecule has 0 fully saturated rings. The molecule has 0 bridgehead atoms. The number of primary amides is 1. The molecule has 2 rings (SSSR count). The van der Waals surface area contributed by atoms with E-state index in [1.165, 1.54) is 5.01 Å². The molecule has 6 nitrogen and oxygen atoms in total. The van der Waals surface area contributed by atoms with E-state index in [9.17, 15) is 14.7 Å². The number of hydrazine groups is 1. The maximum atomic E-state index is 12.2. The fourth-order valence-corrected chi connectivity index (χ4v) is 2.46. The first-order valence-electron chi connectivity index (χ1n) is 8.16. The standard InChI is InChI=1S/C19H23N3O3/c20-18(24)14-22(21-19(25)16-9-5-2-6-10-16)13-17(23)12-11-15-7-3-1-4-8-15/h1-10,17,23H,11-14H2,(H2,20,24)(H,21,25). The Labute approximate surface area is 147 Å². The molecule has 0 heterocycles. The summed E-state index contributed by atoms with van der Waals surface area (Å²) in [6.45, 7) is -0.0463. The van der Waals surface area contributed by atoms with Gasteiger partial charge in [-0.2, -0.15) is 0 Å². The zero-order valence-electron chi connectivity index (χ0n) is 14.0. The van der Waals surface area contributed by atoms with Crippen molar-refractivity contribution in [2.24, 2.45) is 5.73 Å². The van der Waals surface area contributed by atoms with Crippen molar-refractivity contribution in [2.45, 2.75) is 18.9 Å². The lowest BCUT2D eigenvalue weighted by molar-refractivity contribution is -0.120. The number of carbonyl (C=O) groups is 2. The van der Waals surface area contributed by atoms with E-state index in [0.717, 1.165) is 5.56 Å². The summed E-state index contributed by atoms with van der Waals surface area (Å²) in [6.07, 6.45) is 0.523. The molecule has 0 aliphatic rings. The van der Waals surface area contributed by atoms with Gasteiger partial charge in [-0.15, -0.1) is 0 Å². The molecule has 1 unspecified atom stereocenters. The molecule has 0 aliphatic heterocycles. The first kappa shape index (κ1) is 18.6. The first-order valence-corrected chi connectivity index (χ1v) is 8.16. The lowest BCUT2D eigenvalue weighted by Gasteiger charge is -2.24. The van der Waals surface area contributed by atoms with Crippen LogP contribution in [0.3, 0.4) is 0 Å². The van der Waals surface area contributed by atoms with E-state index in [1.807, 2.05) is 36.4 Å². The third-order valence-corrected chi connectivity index (χ3v) is 3.68. The largest absolute Gasteiger partial charge is 0.392 e. The quantitative estimate of drug-likeness (QED) is 0.596. The van der Waals surface area contributed by atoms with Crippen molar-refractivity contribution < 1.29 is 14.7 Å². The SMILES string of the molecule is NC(=O)CN(CC(O)CCc1ccccc1)NC(=O)c1ccccc1. The van der Waals surface area contributed by atoms with Crippen LogP contribution in [0.5, 0.6) is 0 Å². The molecular weight excluding hydrogens is 318 g/mol. The van der Waals surface area contributed by atoms with Crippen LogP contribution in [0.2, 0.25) is 0 Å². The first-order chi connectivity index (χ1) is 12.0. The summed E-state index contributed by atoms with van der Waals surface area (Å²) in [7, 11) is 0. The molecule has 6 heteroatoms. The molecule has 4 N–H and O–H groups in total. The zero-order valence-corrected chi connectivity index (χ0v) is 14.0. The Morgan fingerprint density at radius 3 is 2.24 bits per heavy atom. The van der Waals surface area contributed by atoms with Crippen molar-refractivity contribution in [2.75, 3.05) is 13.1 Å². The second kappa shape index (κ2) is 9.56. The van der Waals surface area contributed by atoms with Gasteiger partial charge < -0.3 is 10.8 Å². The molecule has 1 atom stereocenters. The summed E-state index contributed by atoms with van der Waals surface area (Å²) in [5, 5.41) is 11.6. The van der Waals surface area contributed by atoms with Crippen LogP contribution in [0.1, 0.15) is 22.3 Å². The van der Waals surface area contributed by atoms with Crippen LogP contribution >= 0.6 is 0 Å². The van der Waals surface area contributed by atoms with Gasteiger partial charge in [0, 0.05) is 12.1 Å². The van der Waals surface area contributed by atoms with Gasteiger partial charge >= 0.3 is 0 Å². The highest BCUT2D eigenvalue weighted by Gasteiger charge is 2.17. The summed E-state index contributed by atoms with van der Waals surface area (Å²) in [6, 6.07) is 18.5. The summed E-state index contributed by atoms with van der Waals surface area (Å²) >= 11 is 0. The third-order valence-electron chi connectivity index (χ3n) is 3.68. The van der Waals surface area contributed by atoms with Crippen LogP contribution in [0.4, 0.5) is 0 Å². The number of nitrogens with one attached hydrogen (secondary N) is 1. The maximum Gasteiger partial charge on any atom is 0.265 e. The van der Waals surface area contributed by atoms with Gasteiger partial charge in [0.05, 0.1) is 12.6 Å². The fourth-order valence-electron chi connectivity index (χ4n) is 2.46. The van der Waals surface area contributed by atoms with E-state index in [0.29, 0.717) is 18.4 Å². The highest BCUT2D eigenvalue weighted by Crippen LogP contribution is 2.06. The number of benzene rings is 2. The predicted molar refractivity (Wildman–Crippen MR) is 95.4 cm³/mol. The lowest BCUT2D eigenvalue weighted by atomic mass is 10.1. The molecule has 2 aromatic carbocycles. The Kier molecular flexibility index (Phi) is 7.13. The Morgan fingerprint density at radius 1 is 1.04 bits per heavy atom. The minimum atomic E-state index is -0.698. The van der Waals surface area contributed by atoms with Crippen LogP contribution in [0, 0.1) is 0 Å². The number of rotatable bonds is 9. The number of aryl methyl sites for hydroxylation is 1. The predicted octanol–water partition coefficient (Wildman–Crippen LogP) is 1.11. The maximum absolute atomic E-state index is 12.2. The van der Waals surface area contributed by atoms with Crippen molar-refractivity contribution in [1.29, 1.82) is 0 Å². The number of nitrogens with zero attached hydrogens (tertiary/aromatic N) is 1. The second-order valence-corrected chi connectivity index (χ2v) is 5.83. The minimum absolute atomic E-state index is 0.119. The fraction of sp³-hybridized carbons (Fsp3) is 0.263. The summed E-state index contributed by atoms with van der Waals surface area (Å²) in [5.41, 5.74) is 9.45. The van der Waals surface area contributed by atoms with Crippen LogP contribution < -0.4 is 11.2 Å². The van der Waals surface area contributed by atoms with Crippen molar-refractivity contribution in [3.05, 3.63) is 71.8 Å². The normalized spacial score (nSPS) is 11.9. The van der Waals surface area contributed by atoms with E-state index in [1.54, 1.807) is 24.3 Å². The van der Waals surface area contributed by atoms with Crippen LogP contribution in [-0.4, -0.2) is 41.1 Å². The molecule has 0 radical (unpaired) electrons. The van der Waals surface area contributed by atoms with Gasteiger partial charge in [0.15, 0.2) is 0 Å². The monoisotopic (exact) mass is 341 g/mol. The number of hydrogen-bond acceptors (Lipinski definition) is 4. The van der Waals surface area contributed by atoms with Gasteiger partial charge in [-0.3, -0.25) is 15.0 Å². The summed E-state index contributed by atoms with van der Waals surface area (Å²) in [4.78, 5) is 23.4. The number of aliphatic hydroxyl groups excluding tert-OH is 1. The van der Waals surface area contributed by atoms with Gasteiger partial charge in [-0.25, -0.2) is 5.01 Å². The molecule has 0 saturated heterocycles. The van der Waals surface area contributed by atoms with Crippen LogP contribution in [0.25, 0.3) is 0 Å². The van der Waals surface area contributed by atoms with Crippen molar-refractivity contribution in [3.8, 4) is 0 Å². The highest BCUT2D eigenvalue weighted by molar-refractivity contribution is 5.94.